The topological polar surface area (TPSA) is 292 Å². The van der Waals surface area contributed by atoms with Crippen LogP contribution in [0.4, 0.5) is 11.4 Å². The van der Waals surface area contributed by atoms with E-state index in [0.717, 1.165) is 134 Å². The molecule has 0 atom stereocenters. The lowest BCUT2D eigenvalue weighted by atomic mass is 9.89. The van der Waals surface area contributed by atoms with Gasteiger partial charge in [-0.05, 0) is 178 Å². The summed E-state index contributed by atoms with van der Waals surface area (Å²) in [6.45, 7) is 0. The van der Waals surface area contributed by atoms with E-state index in [1.54, 1.807) is 6.07 Å². The lowest BCUT2D eigenvalue weighted by molar-refractivity contribution is -0.118. The fraction of sp³-hybridized carbons (Fsp3) is 0.110. The number of hydrogen-bond donors (Lipinski definition) is 8. The standard InChI is InChI=1S/2C23H20N2O2.C23H20N2O.C22H18N2O3/c24-22(26)12-10-17-13-16(15-5-2-1-3-6-15)9-11-18(17)19-7-4-8-21-20(19)14-23(27)25-21;24-22(26)11-9-17-12-16(15-4-2-1-3-5-15)8-10-20(17)18-6-7-19-14-23(27)25-21(19)13-18;24-23(26)11-9-19-14-18(16-4-2-1-3-5-16)8-10-21(19)20-7-6-17-12-13-25-22(17)15-20;23-20(25)12-10-16-13-15(14-5-2-1-3-6-14)9-11-17(16)18-7-4-8-19-21(18)27-22(26)24-19/h1-9,11,13H,10,12,14H2,(H2,24,26)(H,25,27);1-8,10,12-13H,9,11,14H2,(H2,24,26)(H,25,27);1-8,10,12-15,25H,9,11H2,(H2,24,26);1-9,11,13H,10,12H2,(H2,23,25)(H,24,26). The van der Waals surface area contributed by atoms with Crippen molar-refractivity contribution >= 4 is 68.8 Å². The van der Waals surface area contributed by atoms with Crippen LogP contribution in [0, 0.1) is 0 Å². The number of aryl methyl sites for hydroxylation is 4. The minimum atomic E-state index is -0.489. The van der Waals surface area contributed by atoms with Gasteiger partial charge in [-0.1, -0.05) is 243 Å². The molecule has 2 aliphatic rings. The normalized spacial score (nSPS) is 11.7. The Balaban J connectivity index is 0.000000126. The highest BCUT2D eigenvalue weighted by molar-refractivity contribution is 6.03. The summed E-state index contributed by atoms with van der Waals surface area (Å²) in [7, 11) is 0. The van der Waals surface area contributed by atoms with Gasteiger partial charge in [0.15, 0.2) is 5.58 Å². The zero-order valence-corrected chi connectivity index (χ0v) is 58.7. The first-order valence-corrected chi connectivity index (χ1v) is 35.5. The summed E-state index contributed by atoms with van der Waals surface area (Å²) in [5, 5.41) is 6.99. The van der Waals surface area contributed by atoms with E-state index in [1.165, 1.54) is 10.9 Å². The average Bonchev–Trinajstić information content (AvgIpc) is 1.75. The van der Waals surface area contributed by atoms with Crippen molar-refractivity contribution in [3.05, 3.63) is 323 Å². The molecule has 107 heavy (non-hydrogen) atoms. The summed E-state index contributed by atoms with van der Waals surface area (Å²) >= 11 is 0. The molecule has 2 aromatic heterocycles. The van der Waals surface area contributed by atoms with E-state index in [0.29, 0.717) is 62.5 Å². The number of para-hydroxylation sites is 1. The highest BCUT2D eigenvalue weighted by Crippen LogP contribution is 2.40. The van der Waals surface area contributed by atoms with Crippen molar-refractivity contribution in [3.63, 3.8) is 0 Å². The molecule has 0 fully saturated rings. The quantitative estimate of drug-likeness (QED) is 0.0362. The van der Waals surface area contributed by atoms with Crippen molar-refractivity contribution in [1.29, 1.82) is 0 Å². The van der Waals surface area contributed by atoms with Crippen LogP contribution in [-0.4, -0.2) is 45.4 Å². The van der Waals surface area contributed by atoms with E-state index in [9.17, 15) is 33.6 Å². The molecule has 16 nitrogen and oxygen atoms in total. The number of aromatic nitrogens is 2. The van der Waals surface area contributed by atoms with Gasteiger partial charge in [-0.2, -0.15) is 0 Å². The highest BCUT2D eigenvalue weighted by atomic mass is 16.4. The summed E-state index contributed by atoms with van der Waals surface area (Å²) in [5.41, 5.74) is 48.9. The van der Waals surface area contributed by atoms with E-state index >= 15 is 0 Å². The number of aromatic amines is 2. The van der Waals surface area contributed by atoms with Crippen LogP contribution < -0.4 is 39.3 Å². The van der Waals surface area contributed by atoms with Gasteiger partial charge in [-0.25, -0.2) is 4.79 Å². The predicted octanol–water partition coefficient (Wildman–Crippen LogP) is 16.7. The van der Waals surface area contributed by atoms with Crippen LogP contribution in [0.5, 0.6) is 0 Å². The van der Waals surface area contributed by atoms with E-state index in [1.807, 2.05) is 152 Å². The van der Waals surface area contributed by atoms with Crippen LogP contribution in [0.1, 0.15) is 59.1 Å². The van der Waals surface area contributed by atoms with Crippen molar-refractivity contribution in [2.75, 3.05) is 10.6 Å². The van der Waals surface area contributed by atoms with Crippen LogP contribution in [0.3, 0.4) is 0 Å². The van der Waals surface area contributed by atoms with Crippen molar-refractivity contribution in [2.24, 2.45) is 22.9 Å². The van der Waals surface area contributed by atoms with Crippen LogP contribution >= 0.6 is 0 Å². The number of benzene rings is 12. The van der Waals surface area contributed by atoms with Gasteiger partial charge in [0.05, 0.1) is 18.4 Å². The third-order valence-electron chi connectivity index (χ3n) is 19.1. The van der Waals surface area contributed by atoms with E-state index < -0.39 is 5.76 Å². The number of rotatable bonds is 20. The fourth-order valence-electron chi connectivity index (χ4n) is 13.8. The highest BCUT2D eigenvalue weighted by Gasteiger charge is 2.24. The third-order valence-corrected chi connectivity index (χ3v) is 19.1. The van der Waals surface area contributed by atoms with E-state index in [-0.39, 0.29) is 48.3 Å². The van der Waals surface area contributed by atoms with Gasteiger partial charge in [0.25, 0.3) is 0 Å². The lowest BCUT2D eigenvalue weighted by Gasteiger charge is -2.15. The number of carbonyl (C=O) groups excluding carboxylic acids is 6. The second kappa shape index (κ2) is 33.2. The summed E-state index contributed by atoms with van der Waals surface area (Å²) < 4.78 is 5.35. The maximum absolute atomic E-state index is 11.9. The Morgan fingerprint density at radius 2 is 0.729 bits per heavy atom. The molecule has 0 radical (unpaired) electrons. The maximum atomic E-state index is 11.9. The molecule has 14 aromatic rings. The Kier molecular flexibility index (Phi) is 22.2. The fourth-order valence-corrected chi connectivity index (χ4v) is 13.8. The number of primary amides is 4. The predicted molar refractivity (Wildman–Crippen MR) is 426 cm³/mol. The number of anilines is 2. The number of fused-ring (bicyclic) bond motifs is 4. The number of nitrogens with one attached hydrogen (secondary N) is 4. The number of nitrogens with two attached hydrogens (primary N) is 4. The number of carbonyl (C=O) groups is 6. The third kappa shape index (κ3) is 17.7. The van der Waals surface area contributed by atoms with Crippen LogP contribution in [0.2, 0.25) is 0 Å². The maximum Gasteiger partial charge on any atom is 0.417 e. The molecular weight excluding hydrogens is 1330 g/mol. The van der Waals surface area contributed by atoms with Crippen molar-refractivity contribution in [3.8, 4) is 89.0 Å². The molecule has 530 valence electrons. The number of H-pyrrole nitrogens is 2. The summed E-state index contributed by atoms with van der Waals surface area (Å²) in [4.78, 5) is 86.4. The number of amides is 6. The van der Waals surface area contributed by atoms with Gasteiger partial charge in [0.1, 0.15) is 0 Å². The molecule has 0 saturated heterocycles. The molecule has 6 amide bonds. The zero-order valence-electron chi connectivity index (χ0n) is 58.7. The Labute approximate surface area is 618 Å². The zero-order chi connectivity index (χ0) is 74.3. The molecule has 12 aromatic carbocycles. The summed E-state index contributed by atoms with van der Waals surface area (Å²) in [6.07, 6.45) is 6.22. The van der Waals surface area contributed by atoms with Crippen LogP contribution in [0.25, 0.3) is 111 Å². The van der Waals surface area contributed by atoms with Crippen molar-refractivity contribution in [1.82, 2.24) is 9.97 Å². The van der Waals surface area contributed by atoms with Gasteiger partial charge in [0, 0.05) is 54.3 Å². The number of hydrogen-bond acceptors (Lipinski definition) is 8. The van der Waals surface area contributed by atoms with Gasteiger partial charge in [-0.3, -0.25) is 33.8 Å². The van der Waals surface area contributed by atoms with Crippen LogP contribution in [-0.2, 0) is 67.3 Å². The number of oxazole rings is 1. The minimum Gasteiger partial charge on any atom is -0.407 e. The average molecular weight is 1410 g/mol. The molecule has 16 rings (SSSR count). The Hall–Kier alpha value is -13.7. The van der Waals surface area contributed by atoms with E-state index in [4.69, 9.17) is 27.4 Å². The van der Waals surface area contributed by atoms with Gasteiger partial charge in [-0.15, -0.1) is 0 Å². The molecule has 2 aliphatic heterocycles. The molecule has 0 saturated carbocycles. The van der Waals surface area contributed by atoms with Gasteiger partial charge >= 0.3 is 5.76 Å². The summed E-state index contributed by atoms with van der Waals surface area (Å²) in [5.74, 6) is -1.71. The summed E-state index contributed by atoms with van der Waals surface area (Å²) in [6, 6.07) is 91.7. The first-order chi connectivity index (χ1) is 52.0. The molecule has 0 unspecified atom stereocenters. The first kappa shape index (κ1) is 71.7. The smallest absolute Gasteiger partial charge is 0.407 e. The van der Waals surface area contributed by atoms with Crippen LogP contribution in [0.15, 0.2) is 288 Å². The van der Waals surface area contributed by atoms with Gasteiger partial charge < -0.3 is 43.0 Å². The van der Waals surface area contributed by atoms with E-state index in [2.05, 4.69) is 142 Å². The first-order valence-electron chi connectivity index (χ1n) is 35.5. The second-order valence-electron chi connectivity index (χ2n) is 26.4. The molecule has 0 aliphatic carbocycles. The molecular formula is C91H78N8O8. The second-order valence-corrected chi connectivity index (χ2v) is 26.4. The minimum absolute atomic E-state index is 0.0111. The lowest BCUT2D eigenvalue weighted by Crippen LogP contribution is -2.11. The largest absolute Gasteiger partial charge is 0.417 e. The SMILES string of the molecule is NC(=O)CCc1cc(-c2ccccc2)ccc1-c1ccc2c(c1)NC(=O)C2.NC(=O)CCc1cc(-c2ccccc2)ccc1-c1ccc2cc[nH]c2c1.NC(=O)CCc1cc(-c2ccccc2)ccc1-c1cccc2[nH]c(=O)oc12.NC(=O)CCc1cc(-c2ccccc2)ccc1-c1cccc2c1CC(=O)N2. The van der Waals surface area contributed by atoms with Gasteiger partial charge in [0.2, 0.25) is 35.4 Å². The Morgan fingerprint density at radius 1 is 0.327 bits per heavy atom. The monoisotopic (exact) mass is 1410 g/mol. The molecule has 12 N–H and O–H groups in total. The molecule has 16 heteroatoms. The Morgan fingerprint density at radius 3 is 1.21 bits per heavy atom. The molecule has 0 spiro atoms. The Bertz CT molecular complexity index is 5690. The molecule has 0 bridgehead atoms. The van der Waals surface area contributed by atoms with Crippen molar-refractivity contribution in [2.45, 2.75) is 64.2 Å². The van der Waals surface area contributed by atoms with Crippen molar-refractivity contribution < 1.29 is 33.2 Å². The molecule has 4 heterocycles.